The van der Waals surface area contributed by atoms with Gasteiger partial charge < -0.3 is 10.6 Å². The molecule has 0 unspecified atom stereocenters. The molecule has 7 nitrogen and oxygen atoms in total. The van der Waals surface area contributed by atoms with Crippen molar-refractivity contribution in [2.24, 2.45) is 0 Å². The fourth-order valence-electron chi connectivity index (χ4n) is 4.02. The summed E-state index contributed by atoms with van der Waals surface area (Å²) in [6.07, 6.45) is 7.45. The van der Waals surface area contributed by atoms with E-state index in [1.807, 2.05) is 12.3 Å². The molecule has 1 amide bonds. The van der Waals surface area contributed by atoms with Crippen LogP contribution < -0.4 is 5.73 Å². The van der Waals surface area contributed by atoms with E-state index in [4.69, 9.17) is 10.7 Å². The third kappa shape index (κ3) is 3.82. The molecule has 0 radical (unpaired) electrons. The number of hydrogen-bond donors (Lipinski definition) is 1. The zero-order valence-corrected chi connectivity index (χ0v) is 17.9. The molecular weight excluding hydrogens is 384 g/mol. The van der Waals surface area contributed by atoms with Crippen LogP contribution in [0, 0.1) is 0 Å². The van der Waals surface area contributed by atoms with Crippen molar-refractivity contribution in [3.63, 3.8) is 0 Å². The molecule has 0 saturated carbocycles. The summed E-state index contributed by atoms with van der Waals surface area (Å²) < 4.78 is 0. The Morgan fingerprint density at radius 1 is 1.34 bits per heavy atom. The van der Waals surface area contributed by atoms with E-state index in [0.717, 1.165) is 54.1 Å². The van der Waals surface area contributed by atoms with Crippen molar-refractivity contribution in [2.75, 3.05) is 32.9 Å². The van der Waals surface area contributed by atoms with Crippen LogP contribution in [0.2, 0.25) is 0 Å². The molecule has 1 aliphatic rings. The SMILES string of the molecule is CN(C)C(=O)c1sc2nc([C@@]3(C)CCCN(Cc4cnccn4)C3)ccc2c1N. The highest BCUT2D eigenvalue weighted by molar-refractivity contribution is 7.21. The molecule has 1 atom stereocenters. The molecule has 1 fully saturated rings. The van der Waals surface area contributed by atoms with Crippen LogP contribution in [0.3, 0.4) is 0 Å². The fourth-order valence-corrected chi connectivity index (χ4v) is 5.14. The van der Waals surface area contributed by atoms with Crippen LogP contribution in [0.15, 0.2) is 30.7 Å². The first-order valence-electron chi connectivity index (χ1n) is 9.76. The Hall–Kier alpha value is -2.58. The molecule has 4 heterocycles. The third-order valence-electron chi connectivity index (χ3n) is 5.59. The number of nitrogens with zero attached hydrogens (tertiary/aromatic N) is 5. The Bertz CT molecular complexity index is 1030. The average Bonchev–Trinajstić information content (AvgIpc) is 3.04. The van der Waals surface area contributed by atoms with E-state index in [2.05, 4.69) is 27.9 Å². The number of hydrogen-bond acceptors (Lipinski definition) is 7. The standard InChI is InChI=1S/C21H26N6OS/c1-21(7-4-10-27(13-21)12-14-11-23-8-9-24-14)16-6-5-15-17(22)18(20(28)26(2)3)29-19(15)25-16/h5-6,8-9,11H,4,7,10,12-13,22H2,1-3H3/t21-/m0/s1. The van der Waals surface area contributed by atoms with Crippen molar-refractivity contribution in [1.82, 2.24) is 24.8 Å². The van der Waals surface area contributed by atoms with Gasteiger partial charge in [0.1, 0.15) is 9.71 Å². The van der Waals surface area contributed by atoms with Crippen LogP contribution in [-0.4, -0.2) is 57.8 Å². The zero-order valence-electron chi connectivity index (χ0n) is 17.1. The van der Waals surface area contributed by atoms with E-state index in [1.54, 1.807) is 31.4 Å². The Balaban J connectivity index is 1.61. The van der Waals surface area contributed by atoms with Gasteiger partial charge >= 0.3 is 0 Å². The highest BCUT2D eigenvalue weighted by Gasteiger charge is 2.34. The number of carbonyl (C=O) groups is 1. The summed E-state index contributed by atoms with van der Waals surface area (Å²) in [6, 6.07) is 4.09. The molecule has 0 aromatic carbocycles. The lowest BCUT2D eigenvalue weighted by molar-refractivity contribution is 0.0833. The van der Waals surface area contributed by atoms with E-state index < -0.39 is 0 Å². The topological polar surface area (TPSA) is 88.2 Å². The van der Waals surface area contributed by atoms with Crippen LogP contribution in [0.25, 0.3) is 10.2 Å². The second-order valence-electron chi connectivity index (χ2n) is 8.17. The minimum atomic E-state index is -0.0777. The normalized spacial score (nSPS) is 20.1. The lowest BCUT2D eigenvalue weighted by Gasteiger charge is -2.40. The van der Waals surface area contributed by atoms with E-state index >= 15 is 0 Å². The van der Waals surface area contributed by atoms with Gasteiger partial charge in [-0.3, -0.25) is 19.7 Å². The van der Waals surface area contributed by atoms with Crippen LogP contribution in [0.1, 0.15) is 40.8 Å². The van der Waals surface area contributed by atoms with E-state index in [1.165, 1.54) is 11.3 Å². The van der Waals surface area contributed by atoms with E-state index in [0.29, 0.717) is 10.6 Å². The molecular formula is C21H26N6OS. The van der Waals surface area contributed by atoms with E-state index in [9.17, 15) is 4.79 Å². The first kappa shape index (κ1) is 19.7. The van der Waals surface area contributed by atoms with Gasteiger partial charge in [-0.05, 0) is 31.5 Å². The second kappa shape index (κ2) is 7.68. The number of fused-ring (bicyclic) bond motifs is 1. The number of rotatable bonds is 4. The van der Waals surface area contributed by atoms with Gasteiger partial charge in [-0.1, -0.05) is 6.92 Å². The van der Waals surface area contributed by atoms with Crippen molar-refractivity contribution >= 4 is 33.1 Å². The summed E-state index contributed by atoms with van der Waals surface area (Å²) >= 11 is 1.38. The minimum Gasteiger partial charge on any atom is -0.397 e. The van der Waals surface area contributed by atoms with Gasteiger partial charge in [0.25, 0.3) is 5.91 Å². The molecule has 8 heteroatoms. The molecule has 0 aliphatic carbocycles. The Labute approximate surface area is 174 Å². The molecule has 152 valence electrons. The summed E-state index contributed by atoms with van der Waals surface area (Å²) in [7, 11) is 3.47. The quantitative estimate of drug-likeness (QED) is 0.711. The molecule has 3 aromatic rings. The number of amides is 1. The summed E-state index contributed by atoms with van der Waals surface area (Å²) in [6.45, 7) is 5.01. The number of thiophene rings is 1. The number of nitrogen functional groups attached to an aromatic ring is 1. The van der Waals surface area contributed by atoms with Crippen molar-refractivity contribution < 1.29 is 4.79 Å². The van der Waals surface area contributed by atoms with Crippen LogP contribution in [0.5, 0.6) is 0 Å². The van der Waals surface area contributed by atoms with Gasteiger partial charge in [0.05, 0.1) is 11.4 Å². The van der Waals surface area contributed by atoms with Crippen molar-refractivity contribution in [1.29, 1.82) is 0 Å². The monoisotopic (exact) mass is 410 g/mol. The molecule has 1 saturated heterocycles. The van der Waals surface area contributed by atoms with Crippen molar-refractivity contribution in [3.05, 3.63) is 47.0 Å². The number of anilines is 1. The number of carbonyl (C=O) groups excluding carboxylic acids is 1. The molecule has 29 heavy (non-hydrogen) atoms. The molecule has 0 spiro atoms. The summed E-state index contributed by atoms with van der Waals surface area (Å²) in [5, 5.41) is 0.861. The summed E-state index contributed by atoms with van der Waals surface area (Å²) in [5.41, 5.74) is 8.76. The van der Waals surface area contributed by atoms with Gasteiger partial charge in [-0.15, -0.1) is 11.3 Å². The van der Waals surface area contributed by atoms with Crippen molar-refractivity contribution in [3.8, 4) is 0 Å². The highest BCUT2D eigenvalue weighted by atomic mass is 32.1. The summed E-state index contributed by atoms with van der Waals surface area (Å²) in [5.74, 6) is -0.0777. The Morgan fingerprint density at radius 3 is 2.90 bits per heavy atom. The smallest absolute Gasteiger partial charge is 0.265 e. The fraction of sp³-hybridized carbons (Fsp3) is 0.429. The predicted molar refractivity (Wildman–Crippen MR) is 116 cm³/mol. The van der Waals surface area contributed by atoms with Crippen LogP contribution >= 0.6 is 11.3 Å². The van der Waals surface area contributed by atoms with Gasteiger partial charge in [0.2, 0.25) is 0 Å². The third-order valence-corrected chi connectivity index (χ3v) is 6.69. The van der Waals surface area contributed by atoms with Gasteiger partial charge in [-0.25, -0.2) is 4.98 Å². The maximum atomic E-state index is 12.4. The predicted octanol–water partition coefficient (Wildman–Crippen LogP) is 2.92. The lowest BCUT2D eigenvalue weighted by Crippen LogP contribution is -2.44. The molecule has 0 bridgehead atoms. The first-order valence-corrected chi connectivity index (χ1v) is 10.6. The molecule has 3 aromatic heterocycles. The first-order chi connectivity index (χ1) is 13.9. The minimum absolute atomic E-state index is 0.0564. The largest absolute Gasteiger partial charge is 0.397 e. The van der Waals surface area contributed by atoms with Crippen LogP contribution in [0.4, 0.5) is 5.69 Å². The number of likely N-dealkylation sites (tertiary alicyclic amines) is 1. The number of pyridine rings is 1. The van der Waals surface area contributed by atoms with Gasteiger partial charge in [-0.2, -0.15) is 0 Å². The average molecular weight is 411 g/mol. The van der Waals surface area contributed by atoms with E-state index in [-0.39, 0.29) is 11.3 Å². The maximum absolute atomic E-state index is 12.4. The zero-order chi connectivity index (χ0) is 20.6. The maximum Gasteiger partial charge on any atom is 0.265 e. The molecule has 2 N–H and O–H groups in total. The molecule has 1 aliphatic heterocycles. The number of piperidine rings is 1. The summed E-state index contributed by atoms with van der Waals surface area (Å²) in [4.78, 5) is 31.3. The lowest BCUT2D eigenvalue weighted by atomic mass is 9.78. The van der Waals surface area contributed by atoms with Crippen LogP contribution in [-0.2, 0) is 12.0 Å². The van der Waals surface area contributed by atoms with Gasteiger partial charge in [0, 0.05) is 62.3 Å². The van der Waals surface area contributed by atoms with Gasteiger partial charge in [0.15, 0.2) is 0 Å². The Kier molecular flexibility index (Phi) is 5.23. The number of aromatic nitrogens is 3. The second-order valence-corrected chi connectivity index (χ2v) is 9.16. The Morgan fingerprint density at radius 2 is 2.17 bits per heavy atom. The van der Waals surface area contributed by atoms with Crippen molar-refractivity contribution in [2.45, 2.75) is 31.7 Å². The number of nitrogens with two attached hydrogens (primary N) is 1. The highest BCUT2D eigenvalue weighted by Crippen LogP contribution is 2.38. The molecule has 4 rings (SSSR count).